The SMILES string of the molecule is CCCC(C)C(CN)N(CCOC)C(C)COC. The van der Waals surface area contributed by atoms with Crippen LogP contribution in [0.3, 0.4) is 0 Å². The van der Waals surface area contributed by atoms with E-state index in [1.54, 1.807) is 14.2 Å². The summed E-state index contributed by atoms with van der Waals surface area (Å²) in [6.07, 6.45) is 2.42. The van der Waals surface area contributed by atoms with E-state index in [4.69, 9.17) is 15.2 Å². The lowest BCUT2D eigenvalue weighted by Crippen LogP contribution is -2.51. The van der Waals surface area contributed by atoms with Gasteiger partial charge in [0, 0.05) is 39.4 Å². The zero-order valence-electron chi connectivity index (χ0n) is 12.8. The van der Waals surface area contributed by atoms with Crippen LogP contribution in [0.15, 0.2) is 0 Å². The molecule has 0 rings (SSSR count). The van der Waals surface area contributed by atoms with Gasteiger partial charge < -0.3 is 15.2 Å². The van der Waals surface area contributed by atoms with Gasteiger partial charge in [0.15, 0.2) is 0 Å². The van der Waals surface area contributed by atoms with Crippen molar-refractivity contribution in [2.45, 2.75) is 45.7 Å². The lowest BCUT2D eigenvalue weighted by atomic mass is 9.94. The molecule has 0 fully saturated rings. The summed E-state index contributed by atoms with van der Waals surface area (Å²) in [5, 5.41) is 0. The molecule has 4 nitrogen and oxygen atoms in total. The molecule has 0 spiro atoms. The van der Waals surface area contributed by atoms with Crippen molar-refractivity contribution in [3.63, 3.8) is 0 Å². The molecular formula is C14H32N2O2. The largest absolute Gasteiger partial charge is 0.383 e. The molecule has 0 amide bonds. The van der Waals surface area contributed by atoms with Gasteiger partial charge in [0.25, 0.3) is 0 Å². The number of nitrogens with zero attached hydrogens (tertiary/aromatic N) is 1. The molecule has 4 heteroatoms. The molecule has 0 saturated carbocycles. The average molecular weight is 260 g/mol. The topological polar surface area (TPSA) is 47.7 Å². The number of rotatable bonds is 11. The van der Waals surface area contributed by atoms with E-state index in [2.05, 4.69) is 25.7 Å². The van der Waals surface area contributed by atoms with Crippen LogP contribution in [0.2, 0.25) is 0 Å². The first-order chi connectivity index (χ1) is 8.62. The summed E-state index contributed by atoms with van der Waals surface area (Å²) in [5.41, 5.74) is 5.99. The fourth-order valence-electron chi connectivity index (χ4n) is 2.59. The van der Waals surface area contributed by atoms with E-state index in [9.17, 15) is 0 Å². The van der Waals surface area contributed by atoms with E-state index < -0.39 is 0 Å². The summed E-state index contributed by atoms with van der Waals surface area (Å²) in [6.45, 7) is 9.79. The highest BCUT2D eigenvalue weighted by Crippen LogP contribution is 2.18. The van der Waals surface area contributed by atoms with Crippen molar-refractivity contribution in [1.82, 2.24) is 4.90 Å². The van der Waals surface area contributed by atoms with Gasteiger partial charge in [-0.15, -0.1) is 0 Å². The molecule has 110 valence electrons. The summed E-state index contributed by atoms with van der Waals surface area (Å²) in [7, 11) is 3.49. The Morgan fingerprint density at radius 3 is 2.28 bits per heavy atom. The number of methoxy groups -OCH3 is 2. The fraction of sp³-hybridized carbons (Fsp3) is 1.00. The van der Waals surface area contributed by atoms with Crippen molar-refractivity contribution in [2.24, 2.45) is 11.7 Å². The van der Waals surface area contributed by atoms with Crippen LogP contribution in [-0.2, 0) is 9.47 Å². The van der Waals surface area contributed by atoms with Gasteiger partial charge in [0.05, 0.1) is 13.2 Å². The first kappa shape index (κ1) is 17.8. The van der Waals surface area contributed by atoms with Gasteiger partial charge in [-0.1, -0.05) is 20.3 Å². The fourth-order valence-corrected chi connectivity index (χ4v) is 2.59. The van der Waals surface area contributed by atoms with E-state index in [-0.39, 0.29) is 0 Å². The van der Waals surface area contributed by atoms with Crippen LogP contribution in [0.4, 0.5) is 0 Å². The maximum Gasteiger partial charge on any atom is 0.0615 e. The molecule has 0 aromatic rings. The van der Waals surface area contributed by atoms with Gasteiger partial charge in [-0.05, 0) is 19.3 Å². The zero-order chi connectivity index (χ0) is 14.0. The predicted molar refractivity (Wildman–Crippen MR) is 76.8 cm³/mol. The zero-order valence-corrected chi connectivity index (χ0v) is 12.8. The second-order valence-corrected chi connectivity index (χ2v) is 5.10. The molecule has 0 aromatic carbocycles. The predicted octanol–water partition coefficient (Wildman–Crippen LogP) is 1.73. The minimum Gasteiger partial charge on any atom is -0.383 e. The molecule has 18 heavy (non-hydrogen) atoms. The van der Waals surface area contributed by atoms with Crippen molar-refractivity contribution >= 4 is 0 Å². The van der Waals surface area contributed by atoms with Crippen molar-refractivity contribution in [3.8, 4) is 0 Å². The lowest BCUT2D eigenvalue weighted by Gasteiger charge is -2.38. The molecule has 0 aromatic heterocycles. The molecule has 2 N–H and O–H groups in total. The number of ether oxygens (including phenoxy) is 2. The van der Waals surface area contributed by atoms with E-state index in [1.165, 1.54) is 12.8 Å². The minimum atomic E-state index is 0.373. The molecule has 0 heterocycles. The van der Waals surface area contributed by atoms with Crippen LogP contribution in [0, 0.1) is 5.92 Å². The Morgan fingerprint density at radius 1 is 1.17 bits per heavy atom. The second-order valence-electron chi connectivity index (χ2n) is 5.10. The Labute approximate surface area is 113 Å². The van der Waals surface area contributed by atoms with E-state index >= 15 is 0 Å². The molecule has 0 saturated heterocycles. The Bertz CT molecular complexity index is 191. The van der Waals surface area contributed by atoms with Gasteiger partial charge in [-0.3, -0.25) is 4.90 Å². The molecule has 0 aliphatic carbocycles. The summed E-state index contributed by atoms with van der Waals surface area (Å²) in [5.74, 6) is 0.608. The van der Waals surface area contributed by atoms with Gasteiger partial charge in [-0.25, -0.2) is 0 Å². The summed E-state index contributed by atoms with van der Waals surface area (Å²) in [4.78, 5) is 2.44. The van der Waals surface area contributed by atoms with Gasteiger partial charge in [0.2, 0.25) is 0 Å². The third-order valence-corrected chi connectivity index (χ3v) is 3.60. The third-order valence-electron chi connectivity index (χ3n) is 3.60. The number of nitrogens with two attached hydrogens (primary N) is 1. The molecule has 0 aliphatic rings. The maximum absolute atomic E-state index is 5.99. The van der Waals surface area contributed by atoms with Crippen molar-refractivity contribution in [1.29, 1.82) is 0 Å². The Morgan fingerprint density at radius 2 is 1.83 bits per heavy atom. The first-order valence-corrected chi connectivity index (χ1v) is 7.05. The second kappa shape index (κ2) is 10.7. The molecule has 0 bridgehead atoms. The number of hydrogen-bond acceptors (Lipinski definition) is 4. The van der Waals surface area contributed by atoms with Gasteiger partial charge in [-0.2, -0.15) is 0 Å². The van der Waals surface area contributed by atoms with Crippen LogP contribution in [-0.4, -0.2) is 57.5 Å². The highest BCUT2D eigenvalue weighted by Gasteiger charge is 2.26. The average Bonchev–Trinajstić information content (AvgIpc) is 2.34. The van der Waals surface area contributed by atoms with Crippen molar-refractivity contribution in [2.75, 3.05) is 40.5 Å². The van der Waals surface area contributed by atoms with E-state index in [0.29, 0.717) is 24.5 Å². The highest BCUT2D eigenvalue weighted by atomic mass is 16.5. The Kier molecular flexibility index (Phi) is 10.6. The van der Waals surface area contributed by atoms with E-state index in [0.717, 1.165) is 19.8 Å². The number of hydrogen-bond donors (Lipinski definition) is 1. The molecular weight excluding hydrogens is 228 g/mol. The van der Waals surface area contributed by atoms with Gasteiger partial charge in [0.1, 0.15) is 0 Å². The smallest absolute Gasteiger partial charge is 0.0615 e. The van der Waals surface area contributed by atoms with Crippen LogP contribution in [0.1, 0.15) is 33.6 Å². The quantitative estimate of drug-likeness (QED) is 0.614. The van der Waals surface area contributed by atoms with Crippen LogP contribution >= 0.6 is 0 Å². The lowest BCUT2D eigenvalue weighted by molar-refractivity contribution is 0.0315. The standard InChI is InChI=1S/C14H32N2O2/c1-6-7-12(2)14(10-15)16(8-9-17-4)13(3)11-18-5/h12-14H,6-11,15H2,1-5H3. The molecule has 3 unspecified atom stereocenters. The molecule has 3 atom stereocenters. The minimum absolute atomic E-state index is 0.373. The highest BCUT2D eigenvalue weighted by molar-refractivity contribution is 4.81. The van der Waals surface area contributed by atoms with Crippen molar-refractivity contribution < 1.29 is 9.47 Å². The normalized spacial score (nSPS) is 16.8. The summed E-state index contributed by atoms with van der Waals surface area (Å²) < 4.78 is 10.5. The maximum atomic E-state index is 5.99. The Hall–Kier alpha value is -0.160. The van der Waals surface area contributed by atoms with Crippen LogP contribution < -0.4 is 5.73 Å². The summed E-state index contributed by atoms with van der Waals surface area (Å²) >= 11 is 0. The van der Waals surface area contributed by atoms with Crippen molar-refractivity contribution in [3.05, 3.63) is 0 Å². The first-order valence-electron chi connectivity index (χ1n) is 7.05. The molecule has 0 aliphatic heterocycles. The Balaban J connectivity index is 4.64. The third kappa shape index (κ3) is 6.14. The van der Waals surface area contributed by atoms with E-state index in [1.807, 2.05) is 0 Å². The monoisotopic (exact) mass is 260 g/mol. The van der Waals surface area contributed by atoms with Crippen LogP contribution in [0.25, 0.3) is 0 Å². The van der Waals surface area contributed by atoms with Crippen LogP contribution in [0.5, 0.6) is 0 Å². The summed E-state index contributed by atoms with van der Waals surface area (Å²) in [6, 6.07) is 0.781. The van der Waals surface area contributed by atoms with Gasteiger partial charge >= 0.3 is 0 Å². The molecule has 0 radical (unpaired) electrons.